The minimum absolute atomic E-state index is 0.0321. The Labute approximate surface area is 315 Å². The number of nitrogens with one attached hydrogen (secondary N) is 3. The lowest BCUT2D eigenvalue weighted by Crippen LogP contribution is -2.61. The summed E-state index contributed by atoms with van der Waals surface area (Å²) in [5, 5.41) is 14.6. The summed E-state index contributed by atoms with van der Waals surface area (Å²) in [5.74, 6) is -1.25. The van der Waals surface area contributed by atoms with E-state index in [2.05, 4.69) is 55.8 Å². The molecule has 20 heteroatoms. The van der Waals surface area contributed by atoms with Crippen molar-refractivity contribution in [3.8, 4) is 22.9 Å². The van der Waals surface area contributed by atoms with Crippen LogP contribution in [0.5, 0.6) is 0 Å². The van der Waals surface area contributed by atoms with Gasteiger partial charge in [-0.3, -0.25) is 29.8 Å². The van der Waals surface area contributed by atoms with Crippen LogP contribution in [0.3, 0.4) is 0 Å². The van der Waals surface area contributed by atoms with Gasteiger partial charge in [-0.25, -0.2) is 34.1 Å². The molecule has 5 aromatic rings. The van der Waals surface area contributed by atoms with Crippen molar-refractivity contribution in [3.05, 3.63) is 83.4 Å². The second-order valence-corrected chi connectivity index (χ2v) is 14.9. The molecule has 2 saturated heterocycles. The number of hydrogen-bond acceptors (Lipinski definition) is 12. The molecule has 1 aromatic carbocycles. The molecular weight excluding hydrogens is 740 g/mol. The van der Waals surface area contributed by atoms with Crippen molar-refractivity contribution < 1.29 is 36.5 Å². The number of halogens is 4. The van der Waals surface area contributed by atoms with Crippen LogP contribution in [0.4, 0.5) is 28.0 Å². The van der Waals surface area contributed by atoms with Gasteiger partial charge in [0.05, 0.1) is 17.8 Å². The van der Waals surface area contributed by atoms with Crippen LogP contribution in [0.15, 0.2) is 53.6 Å². The molecular formula is C36H34F4N12O4. The number of imide groups is 1. The molecule has 0 radical (unpaired) electrons. The second-order valence-electron chi connectivity index (χ2n) is 14.9. The van der Waals surface area contributed by atoms with Crippen molar-refractivity contribution in [2.45, 2.75) is 63.7 Å². The predicted molar refractivity (Wildman–Crippen MR) is 187 cm³/mol. The number of aromatic nitrogens is 8. The average molecular weight is 775 g/mol. The fourth-order valence-electron chi connectivity index (χ4n) is 7.22. The first-order chi connectivity index (χ1) is 26.7. The van der Waals surface area contributed by atoms with E-state index in [1.165, 1.54) is 29.4 Å². The third kappa shape index (κ3) is 7.06. The lowest BCUT2D eigenvalue weighted by Gasteiger charge is -2.59. The molecule has 16 nitrogen and oxygen atoms in total. The van der Waals surface area contributed by atoms with Crippen molar-refractivity contribution in [3.63, 3.8) is 0 Å². The first kappa shape index (κ1) is 36.8. The van der Waals surface area contributed by atoms with Crippen molar-refractivity contribution in [1.82, 2.24) is 55.8 Å². The molecule has 3 aliphatic rings. The number of benzene rings is 1. The van der Waals surface area contributed by atoms with Gasteiger partial charge in [0.2, 0.25) is 11.7 Å². The van der Waals surface area contributed by atoms with Gasteiger partial charge in [0.25, 0.3) is 5.91 Å². The summed E-state index contributed by atoms with van der Waals surface area (Å²) in [5.41, 5.74) is 0.699. The average Bonchev–Trinajstić information content (AvgIpc) is 3.83. The summed E-state index contributed by atoms with van der Waals surface area (Å²) >= 11 is 0. The van der Waals surface area contributed by atoms with Crippen LogP contribution in [-0.4, -0.2) is 88.8 Å². The Bertz CT molecular complexity index is 2300. The summed E-state index contributed by atoms with van der Waals surface area (Å²) in [7, 11) is 0. The summed E-state index contributed by atoms with van der Waals surface area (Å²) in [4.78, 5) is 61.2. The van der Waals surface area contributed by atoms with Gasteiger partial charge in [0, 0.05) is 69.0 Å². The van der Waals surface area contributed by atoms with Gasteiger partial charge in [-0.1, -0.05) is 11.2 Å². The van der Waals surface area contributed by atoms with Crippen LogP contribution >= 0.6 is 0 Å². The number of carbonyl (C=O) groups is 3. The molecule has 0 unspecified atom stereocenters. The zero-order valence-corrected chi connectivity index (χ0v) is 30.0. The van der Waals surface area contributed by atoms with Crippen molar-refractivity contribution in [2.24, 2.45) is 5.41 Å². The zero-order valence-electron chi connectivity index (χ0n) is 30.0. The molecule has 8 rings (SSSR count). The SMILES string of the molecule is CC(C)(c1n[nH]c(CNC(=O)c2cc(-c3ncc(-c4ncc(CN5CC6(CC(c7ccc(N8CCC(=O)NC8=O)c(F)c7)C6)C5)cn4)cn3)no2)n1)C(F)(F)F. The first-order valence-corrected chi connectivity index (χ1v) is 17.7. The standard InChI is InChI=1S/C36H34F4N12O4/c1-34(2,36(38,39)40)32-46-27(48-49-32)15-45-31(54)26-8-24(50-56-26)30-43-13-22(14-44-30)29-41-11-19(12-42-29)16-51-17-35(18-51)9-21(10-35)20-3-4-25(23(37)7-20)52-6-5-28(53)47-33(52)55/h3-4,7-8,11-14,21H,5-6,9-10,15-18H2,1-2H3,(H,45,54)(H,46,48,49)(H,47,53,55). The highest BCUT2D eigenvalue weighted by Gasteiger charge is 2.53. The Hall–Kier alpha value is -6.18. The predicted octanol–water partition coefficient (Wildman–Crippen LogP) is 4.44. The van der Waals surface area contributed by atoms with E-state index in [0.29, 0.717) is 17.9 Å². The largest absolute Gasteiger partial charge is 0.401 e. The number of likely N-dealkylation sites (tertiary alicyclic amines) is 1. The summed E-state index contributed by atoms with van der Waals surface area (Å²) < 4.78 is 60.0. The number of aromatic amines is 1. The first-order valence-electron chi connectivity index (χ1n) is 17.7. The minimum Gasteiger partial charge on any atom is -0.350 e. The highest BCUT2D eigenvalue weighted by atomic mass is 19.4. The Kier molecular flexibility index (Phi) is 9.09. The number of alkyl halides is 3. The fourth-order valence-corrected chi connectivity index (χ4v) is 7.22. The lowest BCUT2D eigenvalue weighted by atomic mass is 9.56. The highest BCUT2D eigenvalue weighted by Crippen LogP contribution is 2.56. The van der Waals surface area contributed by atoms with Crippen LogP contribution < -0.4 is 15.5 Å². The molecule has 290 valence electrons. The lowest BCUT2D eigenvalue weighted by molar-refractivity contribution is -0.182. The smallest absolute Gasteiger partial charge is 0.350 e. The summed E-state index contributed by atoms with van der Waals surface area (Å²) in [6.45, 7) is 4.37. The number of hydrogen-bond donors (Lipinski definition) is 3. The van der Waals surface area contributed by atoms with Crippen molar-refractivity contribution in [2.75, 3.05) is 24.5 Å². The molecule has 2 aliphatic heterocycles. The van der Waals surface area contributed by atoms with E-state index in [9.17, 15) is 27.6 Å². The number of anilines is 1. The van der Waals surface area contributed by atoms with Gasteiger partial charge < -0.3 is 9.84 Å². The molecule has 1 spiro atoms. The quantitative estimate of drug-likeness (QED) is 0.169. The Morgan fingerprint density at radius 3 is 2.41 bits per heavy atom. The van der Waals surface area contributed by atoms with E-state index in [1.54, 1.807) is 18.5 Å². The van der Waals surface area contributed by atoms with E-state index >= 15 is 4.39 Å². The van der Waals surface area contributed by atoms with E-state index in [-0.39, 0.29) is 65.5 Å². The number of carbonyl (C=O) groups excluding carboxylic acids is 3. The Balaban J connectivity index is 0.797. The molecule has 0 bridgehead atoms. The second kappa shape index (κ2) is 13.8. The van der Waals surface area contributed by atoms with Gasteiger partial charge in [0.15, 0.2) is 23.2 Å². The van der Waals surface area contributed by atoms with Crippen LogP contribution in [0, 0.1) is 11.2 Å². The normalized spacial score (nSPS) is 17.4. The monoisotopic (exact) mass is 774 g/mol. The third-order valence-electron chi connectivity index (χ3n) is 10.5. The summed E-state index contributed by atoms with van der Waals surface area (Å²) in [6.07, 6.45) is 4.04. The van der Waals surface area contributed by atoms with Gasteiger partial charge in [0.1, 0.15) is 17.1 Å². The van der Waals surface area contributed by atoms with Gasteiger partial charge in [-0.05, 0) is 55.7 Å². The number of nitrogens with zero attached hydrogens (tertiary/aromatic N) is 9. The van der Waals surface area contributed by atoms with E-state index in [1.807, 2.05) is 6.07 Å². The highest BCUT2D eigenvalue weighted by molar-refractivity contribution is 6.05. The maximum atomic E-state index is 15.0. The molecule has 1 aliphatic carbocycles. The number of urea groups is 1. The van der Waals surface area contributed by atoms with Gasteiger partial charge >= 0.3 is 12.2 Å². The molecule has 4 amide bonds. The molecule has 0 atom stereocenters. The third-order valence-corrected chi connectivity index (χ3v) is 10.5. The van der Waals surface area contributed by atoms with Crippen LogP contribution in [0.25, 0.3) is 22.9 Å². The van der Waals surface area contributed by atoms with Crippen LogP contribution in [-0.2, 0) is 23.3 Å². The number of H-pyrrole nitrogens is 1. The van der Waals surface area contributed by atoms with Crippen molar-refractivity contribution >= 4 is 23.5 Å². The maximum absolute atomic E-state index is 15.0. The fraction of sp³-hybridized carbons (Fsp3) is 0.389. The van der Waals surface area contributed by atoms with E-state index in [0.717, 1.165) is 50.9 Å². The Morgan fingerprint density at radius 2 is 1.73 bits per heavy atom. The van der Waals surface area contributed by atoms with Gasteiger partial charge in [-0.15, -0.1) is 0 Å². The van der Waals surface area contributed by atoms with Crippen LogP contribution in [0.2, 0.25) is 0 Å². The van der Waals surface area contributed by atoms with Crippen LogP contribution in [0.1, 0.15) is 72.4 Å². The van der Waals surface area contributed by atoms with Gasteiger partial charge in [-0.2, -0.15) is 18.3 Å². The molecule has 56 heavy (non-hydrogen) atoms. The number of rotatable bonds is 10. The molecule has 6 heterocycles. The zero-order chi connectivity index (χ0) is 39.4. The van der Waals surface area contributed by atoms with Crippen molar-refractivity contribution in [1.29, 1.82) is 0 Å². The summed E-state index contributed by atoms with van der Waals surface area (Å²) in [6, 6.07) is 5.72. The van der Waals surface area contributed by atoms with E-state index in [4.69, 9.17) is 4.52 Å². The molecule has 3 N–H and O–H groups in total. The molecule has 1 saturated carbocycles. The Morgan fingerprint density at radius 1 is 1.02 bits per heavy atom. The molecule has 4 aromatic heterocycles. The minimum atomic E-state index is -4.56. The topological polar surface area (TPSA) is 201 Å². The molecule has 3 fully saturated rings. The number of amides is 4. The van der Waals surface area contributed by atoms with E-state index < -0.39 is 35.2 Å². The maximum Gasteiger partial charge on any atom is 0.401 e.